The van der Waals surface area contributed by atoms with Crippen LogP contribution in [0.1, 0.15) is 5.56 Å². The van der Waals surface area contributed by atoms with Crippen molar-refractivity contribution in [3.8, 4) is 0 Å². The lowest BCUT2D eigenvalue weighted by Gasteiger charge is -2.01. The van der Waals surface area contributed by atoms with Crippen molar-refractivity contribution in [2.24, 2.45) is 5.73 Å². The van der Waals surface area contributed by atoms with E-state index in [1.165, 1.54) is 0 Å². The van der Waals surface area contributed by atoms with Gasteiger partial charge in [0.25, 0.3) is 0 Å². The molecular formula is C7H9Cl2F2N3. The SMILES string of the molecule is Cl.Cl.N=C(N)c1cc(F)c(N)c(F)c1. The van der Waals surface area contributed by atoms with Crippen LogP contribution in [0.2, 0.25) is 0 Å². The van der Waals surface area contributed by atoms with Gasteiger partial charge in [0.05, 0.1) is 0 Å². The summed E-state index contributed by atoms with van der Waals surface area (Å²) in [7, 11) is 0. The molecule has 0 aliphatic heterocycles. The minimum absolute atomic E-state index is 0. The first-order chi connectivity index (χ1) is 5.52. The first-order valence-electron chi connectivity index (χ1n) is 3.11. The number of hydrogen-bond acceptors (Lipinski definition) is 2. The van der Waals surface area contributed by atoms with Gasteiger partial charge in [0, 0.05) is 5.56 Å². The summed E-state index contributed by atoms with van der Waals surface area (Å²) in [6, 6.07) is 1.83. The zero-order valence-corrected chi connectivity index (χ0v) is 8.51. The highest BCUT2D eigenvalue weighted by Crippen LogP contribution is 2.16. The van der Waals surface area contributed by atoms with E-state index in [2.05, 4.69) is 0 Å². The topological polar surface area (TPSA) is 75.9 Å². The standard InChI is InChI=1S/C7H7F2N3.2ClH/c8-4-1-3(7(11)12)2-5(9)6(4)10;;/h1-2H,10H2,(H3,11,12);2*1H. The lowest BCUT2D eigenvalue weighted by molar-refractivity contribution is 0.591. The number of nitrogen functional groups attached to an aromatic ring is 2. The van der Waals surface area contributed by atoms with Crippen molar-refractivity contribution < 1.29 is 8.78 Å². The molecule has 0 amide bonds. The van der Waals surface area contributed by atoms with E-state index in [-0.39, 0.29) is 30.4 Å². The van der Waals surface area contributed by atoms with Gasteiger partial charge in [0.2, 0.25) is 0 Å². The third-order valence-electron chi connectivity index (χ3n) is 1.39. The molecule has 7 heteroatoms. The van der Waals surface area contributed by atoms with Crippen LogP contribution in [-0.4, -0.2) is 5.84 Å². The van der Waals surface area contributed by atoms with Gasteiger partial charge in [-0.1, -0.05) is 0 Å². The maximum absolute atomic E-state index is 12.7. The van der Waals surface area contributed by atoms with Gasteiger partial charge in [-0.3, -0.25) is 5.41 Å². The second kappa shape index (κ2) is 5.62. The molecule has 0 saturated heterocycles. The smallest absolute Gasteiger partial charge is 0.149 e. The fourth-order valence-corrected chi connectivity index (χ4v) is 0.740. The molecule has 0 aromatic heterocycles. The van der Waals surface area contributed by atoms with Crippen LogP contribution in [0, 0.1) is 17.0 Å². The zero-order valence-electron chi connectivity index (χ0n) is 6.88. The maximum Gasteiger partial charge on any atom is 0.149 e. The van der Waals surface area contributed by atoms with Gasteiger partial charge in [-0.2, -0.15) is 0 Å². The van der Waals surface area contributed by atoms with Gasteiger partial charge in [0.1, 0.15) is 23.2 Å². The molecule has 0 bridgehead atoms. The molecule has 1 aromatic rings. The molecule has 3 nitrogen and oxygen atoms in total. The molecule has 0 fully saturated rings. The van der Waals surface area contributed by atoms with E-state index in [1.807, 2.05) is 0 Å². The van der Waals surface area contributed by atoms with E-state index in [0.717, 1.165) is 12.1 Å². The molecule has 1 aromatic carbocycles. The molecule has 80 valence electrons. The summed E-state index contributed by atoms with van der Waals surface area (Å²) in [6.07, 6.45) is 0. The lowest BCUT2D eigenvalue weighted by atomic mass is 10.2. The van der Waals surface area contributed by atoms with Crippen LogP contribution in [0.5, 0.6) is 0 Å². The molecule has 0 heterocycles. The van der Waals surface area contributed by atoms with Gasteiger partial charge in [-0.05, 0) is 12.1 Å². The summed E-state index contributed by atoms with van der Waals surface area (Å²) in [5.74, 6) is -2.20. The average Bonchev–Trinajstić information content (AvgIpc) is 1.99. The first-order valence-corrected chi connectivity index (χ1v) is 3.11. The van der Waals surface area contributed by atoms with Crippen molar-refractivity contribution in [1.29, 1.82) is 5.41 Å². The highest BCUT2D eigenvalue weighted by atomic mass is 35.5. The Morgan fingerprint density at radius 3 is 1.79 bits per heavy atom. The molecule has 0 aliphatic rings. The van der Waals surface area contributed by atoms with E-state index >= 15 is 0 Å². The van der Waals surface area contributed by atoms with E-state index in [9.17, 15) is 8.78 Å². The molecule has 0 saturated carbocycles. The number of anilines is 1. The van der Waals surface area contributed by atoms with Gasteiger partial charge in [0.15, 0.2) is 0 Å². The van der Waals surface area contributed by atoms with E-state index < -0.39 is 23.2 Å². The summed E-state index contributed by atoms with van der Waals surface area (Å²) in [5, 5.41) is 6.90. The highest BCUT2D eigenvalue weighted by molar-refractivity contribution is 5.95. The molecule has 5 N–H and O–H groups in total. The van der Waals surface area contributed by atoms with E-state index in [0.29, 0.717) is 0 Å². The van der Waals surface area contributed by atoms with Crippen molar-refractivity contribution >= 4 is 36.3 Å². The maximum atomic E-state index is 12.7. The lowest BCUT2D eigenvalue weighted by Crippen LogP contribution is -2.12. The van der Waals surface area contributed by atoms with Crippen molar-refractivity contribution in [2.45, 2.75) is 0 Å². The number of rotatable bonds is 1. The largest absolute Gasteiger partial charge is 0.394 e. The third-order valence-corrected chi connectivity index (χ3v) is 1.39. The molecule has 1 rings (SSSR count). The quantitative estimate of drug-likeness (QED) is 0.399. The summed E-state index contributed by atoms with van der Waals surface area (Å²) in [4.78, 5) is 0. The van der Waals surface area contributed by atoms with Crippen LogP contribution in [0.25, 0.3) is 0 Å². The van der Waals surface area contributed by atoms with Crippen molar-refractivity contribution in [3.63, 3.8) is 0 Å². The van der Waals surface area contributed by atoms with Crippen LogP contribution >= 0.6 is 24.8 Å². The number of benzene rings is 1. The minimum Gasteiger partial charge on any atom is -0.394 e. The predicted molar refractivity (Wildman–Crippen MR) is 56.3 cm³/mol. The Morgan fingerprint density at radius 1 is 1.14 bits per heavy atom. The molecular weight excluding hydrogens is 235 g/mol. The van der Waals surface area contributed by atoms with Crippen LogP contribution in [-0.2, 0) is 0 Å². The Kier molecular flexibility index (Phi) is 6.18. The predicted octanol–water partition coefficient (Wildman–Crippen LogP) is 1.67. The van der Waals surface area contributed by atoms with Gasteiger partial charge < -0.3 is 11.5 Å². The fourth-order valence-electron chi connectivity index (χ4n) is 0.740. The van der Waals surface area contributed by atoms with Gasteiger partial charge >= 0.3 is 0 Å². The third kappa shape index (κ3) is 3.01. The summed E-state index contributed by atoms with van der Waals surface area (Å²) >= 11 is 0. The molecule has 0 atom stereocenters. The Bertz CT molecular complexity index is 321. The van der Waals surface area contributed by atoms with Gasteiger partial charge in [-0.15, -0.1) is 24.8 Å². The highest BCUT2D eigenvalue weighted by Gasteiger charge is 2.08. The molecule has 0 radical (unpaired) electrons. The zero-order chi connectivity index (χ0) is 9.30. The van der Waals surface area contributed by atoms with E-state index in [1.54, 1.807) is 0 Å². The Morgan fingerprint density at radius 2 is 1.50 bits per heavy atom. The monoisotopic (exact) mass is 243 g/mol. The Balaban J connectivity index is 0. The van der Waals surface area contributed by atoms with Crippen LogP contribution in [0.15, 0.2) is 12.1 Å². The normalized spacial score (nSPS) is 8.43. The second-order valence-electron chi connectivity index (χ2n) is 2.27. The summed E-state index contributed by atoms with van der Waals surface area (Å²) in [5.41, 5.74) is 9.43. The number of halogens is 4. The summed E-state index contributed by atoms with van der Waals surface area (Å²) in [6.45, 7) is 0. The van der Waals surface area contributed by atoms with Crippen LogP contribution < -0.4 is 11.5 Å². The minimum atomic E-state index is -0.903. The summed E-state index contributed by atoms with van der Waals surface area (Å²) < 4.78 is 25.4. The van der Waals surface area contributed by atoms with E-state index in [4.69, 9.17) is 16.9 Å². The Hall–Kier alpha value is -1.07. The van der Waals surface area contributed by atoms with Crippen molar-refractivity contribution in [3.05, 3.63) is 29.3 Å². The molecule has 14 heavy (non-hydrogen) atoms. The number of nitrogens with one attached hydrogen (secondary N) is 1. The fraction of sp³-hybridized carbons (Fsp3) is 0. The average molecular weight is 244 g/mol. The second-order valence-corrected chi connectivity index (χ2v) is 2.27. The van der Waals surface area contributed by atoms with Crippen LogP contribution in [0.3, 0.4) is 0 Å². The number of hydrogen-bond donors (Lipinski definition) is 3. The Labute approximate surface area is 91.8 Å². The first kappa shape index (κ1) is 15.4. The number of nitrogens with two attached hydrogens (primary N) is 2. The molecule has 0 unspecified atom stereocenters. The van der Waals surface area contributed by atoms with Gasteiger partial charge in [-0.25, -0.2) is 8.78 Å². The van der Waals surface area contributed by atoms with Crippen LogP contribution in [0.4, 0.5) is 14.5 Å². The number of amidine groups is 1. The molecule has 0 aliphatic carbocycles. The van der Waals surface area contributed by atoms with Crippen molar-refractivity contribution in [1.82, 2.24) is 0 Å². The molecule has 0 spiro atoms. The van der Waals surface area contributed by atoms with Crippen molar-refractivity contribution in [2.75, 3.05) is 5.73 Å².